The summed E-state index contributed by atoms with van der Waals surface area (Å²) in [6.07, 6.45) is 5.13. The second-order valence-electron chi connectivity index (χ2n) is 6.65. The summed E-state index contributed by atoms with van der Waals surface area (Å²) in [7, 11) is 0. The molecule has 28 heavy (non-hydrogen) atoms. The standard InChI is InChI=1S/C23H29NO4/c1-3-5-6-16-27-23(26)19-10-12-20(13-11-19)24-22(25)17-28-21-14-8-18(7-4-2)9-15-21/h8-15H,3-7,16-17H2,1-2H3,(H,24,25). The maximum atomic E-state index is 12.0. The number of benzene rings is 2. The first kappa shape index (κ1) is 21.5. The molecule has 0 atom stereocenters. The average Bonchev–Trinajstić information content (AvgIpc) is 2.71. The van der Waals surface area contributed by atoms with Crippen LogP contribution in [0.15, 0.2) is 48.5 Å². The molecule has 0 aliphatic heterocycles. The molecule has 0 bridgehead atoms. The highest BCUT2D eigenvalue weighted by molar-refractivity contribution is 5.93. The number of ether oxygens (including phenoxy) is 2. The quantitative estimate of drug-likeness (QED) is 0.438. The first-order chi connectivity index (χ1) is 13.6. The van der Waals surface area contributed by atoms with E-state index in [0.29, 0.717) is 23.6 Å². The van der Waals surface area contributed by atoms with Crippen LogP contribution in [-0.4, -0.2) is 25.1 Å². The first-order valence-corrected chi connectivity index (χ1v) is 9.91. The van der Waals surface area contributed by atoms with Gasteiger partial charge in [0.1, 0.15) is 5.75 Å². The summed E-state index contributed by atoms with van der Waals surface area (Å²) < 4.78 is 10.7. The number of rotatable bonds is 11. The maximum absolute atomic E-state index is 12.0. The van der Waals surface area contributed by atoms with Crippen LogP contribution in [0.5, 0.6) is 5.75 Å². The summed E-state index contributed by atoms with van der Waals surface area (Å²) in [4.78, 5) is 24.0. The van der Waals surface area contributed by atoms with Crippen LogP contribution >= 0.6 is 0 Å². The minimum Gasteiger partial charge on any atom is -0.484 e. The molecule has 0 aromatic heterocycles. The molecule has 0 aliphatic rings. The molecule has 5 heteroatoms. The second kappa shape index (κ2) is 11.8. The van der Waals surface area contributed by atoms with Crippen molar-refractivity contribution < 1.29 is 19.1 Å². The third kappa shape index (κ3) is 7.43. The number of unbranched alkanes of at least 4 members (excludes halogenated alkanes) is 2. The van der Waals surface area contributed by atoms with E-state index in [1.54, 1.807) is 24.3 Å². The smallest absolute Gasteiger partial charge is 0.338 e. The number of hydrogen-bond acceptors (Lipinski definition) is 4. The summed E-state index contributed by atoms with van der Waals surface area (Å²) in [5.74, 6) is 0.0625. The number of nitrogens with one attached hydrogen (secondary N) is 1. The molecule has 1 amide bonds. The molecular weight excluding hydrogens is 354 g/mol. The van der Waals surface area contributed by atoms with Gasteiger partial charge in [-0.25, -0.2) is 4.79 Å². The van der Waals surface area contributed by atoms with E-state index in [4.69, 9.17) is 9.47 Å². The Morgan fingerprint density at radius 1 is 0.893 bits per heavy atom. The van der Waals surface area contributed by atoms with Crippen molar-refractivity contribution in [1.29, 1.82) is 0 Å². The van der Waals surface area contributed by atoms with E-state index in [1.165, 1.54) is 5.56 Å². The fourth-order valence-electron chi connectivity index (χ4n) is 2.68. The van der Waals surface area contributed by atoms with Crippen molar-refractivity contribution >= 4 is 17.6 Å². The van der Waals surface area contributed by atoms with Crippen molar-refractivity contribution in [2.45, 2.75) is 46.0 Å². The Labute approximate surface area is 167 Å². The lowest BCUT2D eigenvalue weighted by Crippen LogP contribution is -2.20. The summed E-state index contributed by atoms with van der Waals surface area (Å²) >= 11 is 0. The van der Waals surface area contributed by atoms with Crippen LogP contribution in [0.25, 0.3) is 0 Å². The van der Waals surface area contributed by atoms with Crippen LogP contribution in [0.2, 0.25) is 0 Å². The predicted molar refractivity (Wildman–Crippen MR) is 111 cm³/mol. The minimum atomic E-state index is -0.344. The number of amides is 1. The highest BCUT2D eigenvalue weighted by atomic mass is 16.5. The molecule has 0 aliphatic carbocycles. The van der Waals surface area contributed by atoms with Gasteiger partial charge < -0.3 is 14.8 Å². The highest BCUT2D eigenvalue weighted by Crippen LogP contribution is 2.14. The van der Waals surface area contributed by atoms with Crippen molar-refractivity contribution in [2.24, 2.45) is 0 Å². The predicted octanol–water partition coefficient (Wildman–Crippen LogP) is 5.00. The molecule has 2 aromatic rings. The van der Waals surface area contributed by atoms with Gasteiger partial charge in [-0.2, -0.15) is 0 Å². The zero-order chi connectivity index (χ0) is 20.2. The maximum Gasteiger partial charge on any atom is 0.338 e. The van der Waals surface area contributed by atoms with Gasteiger partial charge in [-0.1, -0.05) is 45.2 Å². The van der Waals surface area contributed by atoms with Crippen molar-refractivity contribution in [3.05, 3.63) is 59.7 Å². The molecule has 2 aromatic carbocycles. The Bertz CT molecular complexity index is 738. The van der Waals surface area contributed by atoms with E-state index in [-0.39, 0.29) is 18.5 Å². The van der Waals surface area contributed by atoms with Crippen LogP contribution in [0.3, 0.4) is 0 Å². The lowest BCUT2D eigenvalue weighted by molar-refractivity contribution is -0.118. The number of carbonyl (C=O) groups excluding carboxylic acids is 2. The molecule has 2 rings (SSSR count). The largest absolute Gasteiger partial charge is 0.484 e. The van der Waals surface area contributed by atoms with Crippen molar-refractivity contribution in [3.8, 4) is 5.75 Å². The Hall–Kier alpha value is -2.82. The zero-order valence-corrected chi connectivity index (χ0v) is 16.7. The van der Waals surface area contributed by atoms with Gasteiger partial charge in [-0.15, -0.1) is 0 Å². The van der Waals surface area contributed by atoms with E-state index in [1.807, 2.05) is 24.3 Å². The van der Waals surface area contributed by atoms with Gasteiger partial charge in [0.25, 0.3) is 5.91 Å². The number of aryl methyl sites for hydroxylation is 1. The van der Waals surface area contributed by atoms with Gasteiger partial charge >= 0.3 is 5.97 Å². The van der Waals surface area contributed by atoms with Crippen LogP contribution in [0.4, 0.5) is 5.69 Å². The monoisotopic (exact) mass is 383 g/mol. The number of hydrogen-bond donors (Lipinski definition) is 1. The van der Waals surface area contributed by atoms with Crippen LogP contribution in [0.1, 0.15) is 55.5 Å². The van der Waals surface area contributed by atoms with E-state index < -0.39 is 0 Å². The van der Waals surface area contributed by atoms with Gasteiger partial charge in [0.2, 0.25) is 0 Å². The summed E-state index contributed by atoms with van der Waals surface area (Å²) in [5.41, 5.74) is 2.33. The summed E-state index contributed by atoms with van der Waals surface area (Å²) in [6.45, 7) is 4.59. The lowest BCUT2D eigenvalue weighted by Gasteiger charge is -2.09. The first-order valence-electron chi connectivity index (χ1n) is 9.91. The Morgan fingerprint density at radius 3 is 2.25 bits per heavy atom. The van der Waals surface area contributed by atoms with Crippen molar-refractivity contribution in [2.75, 3.05) is 18.5 Å². The van der Waals surface area contributed by atoms with Crippen LogP contribution in [-0.2, 0) is 16.0 Å². The molecule has 0 unspecified atom stereocenters. The molecular formula is C23H29NO4. The molecule has 150 valence electrons. The molecule has 0 spiro atoms. The van der Waals surface area contributed by atoms with E-state index in [9.17, 15) is 9.59 Å². The molecule has 0 saturated carbocycles. The fourth-order valence-corrected chi connectivity index (χ4v) is 2.68. The number of anilines is 1. The third-order valence-electron chi connectivity index (χ3n) is 4.22. The van der Waals surface area contributed by atoms with Crippen molar-refractivity contribution in [3.63, 3.8) is 0 Å². The van der Waals surface area contributed by atoms with Gasteiger partial charge in [0.15, 0.2) is 6.61 Å². The Balaban J connectivity index is 1.76. The molecule has 5 nitrogen and oxygen atoms in total. The number of esters is 1. The van der Waals surface area contributed by atoms with E-state index in [0.717, 1.165) is 32.1 Å². The molecule has 0 heterocycles. The van der Waals surface area contributed by atoms with Gasteiger partial charge in [-0.3, -0.25) is 4.79 Å². The van der Waals surface area contributed by atoms with E-state index >= 15 is 0 Å². The molecule has 1 N–H and O–H groups in total. The third-order valence-corrected chi connectivity index (χ3v) is 4.22. The van der Waals surface area contributed by atoms with Crippen LogP contribution < -0.4 is 10.1 Å². The molecule has 0 fully saturated rings. The highest BCUT2D eigenvalue weighted by Gasteiger charge is 2.08. The number of carbonyl (C=O) groups is 2. The van der Waals surface area contributed by atoms with Gasteiger partial charge in [0, 0.05) is 5.69 Å². The fraction of sp³-hybridized carbons (Fsp3) is 0.391. The Kier molecular flexibility index (Phi) is 9.05. The summed E-state index contributed by atoms with van der Waals surface area (Å²) in [6, 6.07) is 14.4. The zero-order valence-electron chi connectivity index (χ0n) is 16.7. The minimum absolute atomic E-state index is 0.0751. The van der Waals surface area contributed by atoms with E-state index in [2.05, 4.69) is 19.2 Å². The topological polar surface area (TPSA) is 64.6 Å². The van der Waals surface area contributed by atoms with Crippen LogP contribution in [0, 0.1) is 0 Å². The lowest BCUT2D eigenvalue weighted by atomic mass is 10.1. The average molecular weight is 383 g/mol. The SMILES string of the molecule is CCCCCOC(=O)c1ccc(NC(=O)COc2ccc(CCC)cc2)cc1. The van der Waals surface area contributed by atoms with Gasteiger partial charge in [-0.05, 0) is 54.8 Å². The normalized spacial score (nSPS) is 10.4. The molecule has 0 radical (unpaired) electrons. The van der Waals surface area contributed by atoms with Gasteiger partial charge in [0.05, 0.1) is 12.2 Å². The summed E-state index contributed by atoms with van der Waals surface area (Å²) in [5, 5.41) is 2.75. The second-order valence-corrected chi connectivity index (χ2v) is 6.65. The van der Waals surface area contributed by atoms with Crippen molar-refractivity contribution in [1.82, 2.24) is 0 Å². The Morgan fingerprint density at radius 2 is 1.61 bits per heavy atom. The molecule has 0 saturated heterocycles.